The molecule has 2 rings (SSSR count). The molecule has 1 atom stereocenters. The molecule has 1 unspecified atom stereocenters. The van der Waals surface area contributed by atoms with Gasteiger partial charge in [0.2, 0.25) is 0 Å². The summed E-state index contributed by atoms with van der Waals surface area (Å²) in [5.74, 6) is 0.161. The summed E-state index contributed by atoms with van der Waals surface area (Å²) in [6.45, 7) is 2.49. The van der Waals surface area contributed by atoms with Gasteiger partial charge in [-0.25, -0.2) is 0 Å². The number of hydrazone groups is 1. The van der Waals surface area contributed by atoms with E-state index in [4.69, 9.17) is 0 Å². The van der Waals surface area contributed by atoms with E-state index in [1.54, 1.807) is 5.01 Å². The first-order valence-electron chi connectivity index (χ1n) is 5.38. The molecule has 1 aliphatic heterocycles. The Balaban J connectivity index is 2.43. The smallest absolute Gasteiger partial charge is 0.264 e. The molecule has 102 valence electrons. The van der Waals surface area contributed by atoms with Crippen LogP contribution in [0.4, 0.5) is 17.1 Å². The summed E-state index contributed by atoms with van der Waals surface area (Å²) >= 11 is 3.30. The molecule has 0 saturated carbocycles. The number of nitro groups is 1. The Morgan fingerprint density at radius 1 is 1.58 bits per heavy atom. The van der Waals surface area contributed by atoms with Crippen LogP contribution in [0, 0.1) is 16.0 Å². The van der Waals surface area contributed by atoms with E-state index in [-0.39, 0.29) is 22.5 Å². The zero-order valence-corrected chi connectivity index (χ0v) is 11.5. The Hall–Kier alpha value is -1.71. The standard InChI is InChI=1S/C10H11BrN4O4/c1-6-5-13(12-10(6)11)8-3-2-7(14(16)17)4-9(8)15(18)19/h2-4,6,18-19H,5H2,1H3. The highest BCUT2D eigenvalue weighted by Gasteiger charge is 2.26. The Morgan fingerprint density at radius 3 is 2.74 bits per heavy atom. The van der Waals surface area contributed by atoms with Crippen LogP contribution in [0.25, 0.3) is 0 Å². The maximum Gasteiger partial charge on any atom is 0.271 e. The highest BCUT2D eigenvalue weighted by molar-refractivity contribution is 9.18. The average molecular weight is 331 g/mol. The first kappa shape index (κ1) is 13.7. The molecule has 1 aliphatic rings. The minimum atomic E-state index is -0.609. The van der Waals surface area contributed by atoms with Crippen molar-refractivity contribution in [1.29, 1.82) is 0 Å². The zero-order chi connectivity index (χ0) is 14.2. The molecule has 9 heteroatoms. The predicted molar refractivity (Wildman–Crippen MR) is 72.0 cm³/mol. The third kappa shape index (κ3) is 2.67. The molecule has 0 fully saturated rings. The summed E-state index contributed by atoms with van der Waals surface area (Å²) in [7, 11) is 0. The highest BCUT2D eigenvalue weighted by Crippen LogP contribution is 2.35. The number of non-ortho nitro benzene ring substituents is 1. The molecule has 0 aromatic heterocycles. The Bertz CT molecular complexity index is 548. The Kier molecular flexibility index (Phi) is 3.69. The van der Waals surface area contributed by atoms with E-state index in [1.165, 1.54) is 12.1 Å². The molecule has 1 aromatic rings. The van der Waals surface area contributed by atoms with Crippen molar-refractivity contribution in [3.8, 4) is 0 Å². The van der Waals surface area contributed by atoms with E-state index in [0.717, 1.165) is 10.7 Å². The van der Waals surface area contributed by atoms with Crippen molar-refractivity contribution < 1.29 is 15.3 Å². The number of benzene rings is 1. The molecule has 0 radical (unpaired) electrons. The number of hydrogen-bond donors (Lipinski definition) is 2. The van der Waals surface area contributed by atoms with E-state index in [9.17, 15) is 20.5 Å². The van der Waals surface area contributed by atoms with E-state index >= 15 is 0 Å². The third-order valence-electron chi connectivity index (χ3n) is 2.73. The summed E-state index contributed by atoms with van der Waals surface area (Å²) < 4.78 is 0.735. The maximum atomic E-state index is 10.7. The molecule has 0 spiro atoms. The molecule has 0 bridgehead atoms. The van der Waals surface area contributed by atoms with Gasteiger partial charge in [0.05, 0.1) is 17.2 Å². The fraction of sp³-hybridized carbons (Fsp3) is 0.300. The molecule has 8 nitrogen and oxygen atoms in total. The van der Waals surface area contributed by atoms with E-state index < -0.39 is 4.92 Å². The number of rotatable bonds is 3. The zero-order valence-electron chi connectivity index (χ0n) is 9.89. The Morgan fingerprint density at radius 2 is 2.26 bits per heavy atom. The number of hydrogen-bond acceptors (Lipinski definition) is 7. The van der Waals surface area contributed by atoms with Crippen molar-refractivity contribution in [2.24, 2.45) is 11.0 Å². The van der Waals surface area contributed by atoms with Crippen LogP contribution in [0.1, 0.15) is 6.92 Å². The SMILES string of the molecule is CC1CN(c2ccc([N+](=O)[O-])cc2N(O)O)N=C1Br. The van der Waals surface area contributed by atoms with Crippen LogP contribution in [0.15, 0.2) is 23.3 Å². The van der Waals surface area contributed by atoms with Gasteiger partial charge in [0.15, 0.2) is 0 Å². The minimum Gasteiger partial charge on any atom is -0.264 e. The number of anilines is 2. The van der Waals surface area contributed by atoms with Crippen molar-refractivity contribution in [2.45, 2.75) is 6.92 Å². The van der Waals surface area contributed by atoms with Gasteiger partial charge in [-0.15, -0.1) is 5.23 Å². The summed E-state index contributed by atoms with van der Waals surface area (Å²) in [5, 5.41) is 34.7. The van der Waals surface area contributed by atoms with Gasteiger partial charge in [0.1, 0.15) is 10.3 Å². The van der Waals surface area contributed by atoms with Crippen LogP contribution in [-0.4, -0.2) is 26.5 Å². The molecule has 19 heavy (non-hydrogen) atoms. The van der Waals surface area contributed by atoms with Gasteiger partial charge in [0, 0.05) is 18.1 Å². The van der Waals surface area contributed by atoms with E-state index in [0.29, 0.717) is 12.2 Å². The van der Waals surface area contributed by atoms with Crippen LogP contribution >= 0.6 is 15.9 Å². The van der Waals surface area contributed by atoms with Gasteiger partial charge in [-0.3, -0.25) is 25.5 Å². The third-order valence-corrected chi connectivity index (χ3v) is 3.67. The van der Waals surface area contributed by atoms with Gasteiger partial charge in [0.25, 0.3) is 5.69 Å². The number of nitrogens with zero attached hydrogens (tertiary/aromatic N) is 4. The normalized spacial score (nSPS) is 18.4. The summed E-state index contributed by atoms with van der Waals surface area (Å²) in [4.78, 5) is 10.1. The van der Waals surface area contributed by atoms with Crippen molar-refractivity contribution in [3.05, 3.63) is 28.3 Å². The van der Waals surface area contributed by atoms with Crippen LogP contribution < -0.4 is 10.2 Å². The average Bonchev–Trinajstić information content (AvgIpc) is 2.68. The summed E-state index contributed by atoms with van der Waals surface area (Å²) in [5.41, 5.74) is 0.0337. The van der Waals surface area contributed by atoms with Crippen LogP contribution in [0.5, 0.6) is 0 Å². The Labute approximate surface area is 116 Å². The van der Waals surface area contributed by atoms with Gasteiger partial charge in [-0.2, -0.15) is 5.10 Å². The van der Waals surface area contributed by atoms with E-state index in [2.05, 4.69) is 21.0 Å². The largest absolute Gasteiger partial charge is 0.271 e. The minimum absolute atomic E-state index is 0.104. The van der Waals surface area contributed by atoms with Crippen LogP contribution in [0.2, 0.25) is 0 Å². The van der Waals surface area contributed by atoms with Crippen molar-refractivity contribution >= 4 is 37.6 Å². The van der Waals surface area contributed by atoms with Gasteiger partial charge < -0.3 is 0 Å². The lowest BCUT2D eigenvalue weighted by Gasteiger charge is -2.20. The second kappa shape index (κ2) is 5.11. The lowest BCUT2D eigenvalue weighted by atomic mass is 10.2. The molecular weight excluding hydrogens is 320 g/mol. The molecule has 2 N–H and O–H groups in total. The van der Waals surface area contributed by atoms with Gasteiger partial charge in [-0.05, 0) is 22.0 Å². The first-order valence-corrected chi connectivity index (χ1v) is 6.17. The summed E-state index contributed by atoms with van der Waals surface area (Å²) in [6.07, 6.45) is 0. The lowest BCUT2D eigenvalue weighted by Crippen LogP contribution is -2.21. The number of nitro benzene ring substituents is 1. The lowest BCUT2D eigenvalue weighted by molar-refractivity contribution is -0.384. The quantitative estimate of drug-likeness (QED) is 0.651. The van der Waals surface area contributed by atoms with Crippen LogP contribution in [0.3, 0.4) is 0 Å². The second-order valence-corrected chi connectivity index (χ2v) is 4.94. The molecule has 0 aliphatic carbocycles. The predicted octanol–water partition coefficient (Wildman–Crippen LogP) is 2.34. The van der Waals surface area contributed by atoms with Gasteiger partial charge in [-0.1, -0.05) is 6.92 Å². The molecule has 1 aromatic carbocycles. The second-order valence-electron chi connectivity index (χ2n) is 4.13. The molecule has 0 amide bonds. The topological polar surface area (TPSA) is 102 Å². The number of halogens is 1. The van der Waals surface area contributed by atoms with Gasteiger partial charge >= 0.3 is 0 Å². The molecular formula is C10H11BrN4O4. The molecule has 1 heterocycles. The summed E-state index contributed by atoms with van der Waals surface area (Å²) in [6, 6.07) is 3.78. The van der Waals surface area contributed by atoms with Crippen molar-refractivity contribution in [2.75, 3.05) is 16.8 Å². The fourth-order valence-corrected chi connectivity index (χ4v) is 2.08. The maximum absolute atomic E-state index is 10.7. The van der Waals surface area contributed by atoms with Crippen molar-refractivity contribution in [1.82, 2.24) is 0 Å². The molecule has 0 saturated heterocycles. The first-order chi connectivity index (χ1) is 8.90. The monoisotopic (exact) mass is 330 g/mol. The van der Waals surface area contributed by atoms with Crippen molar-refractivity contribution in [3.63, 3.8) is 0 Å². The van der Waals surface area contributed by atoms with Crippen LogP contribution in [-0.2, 0) is 0 Å². The van der Waals surface area contributed by atoms with E-state index in [1.807, 2.05) is 6.92 Å². The highest BCUT2D eigenvalue weighted by atomic mass is 79.9. The fourth-order valence-electron chi connectivity index (χ4n) is 1.75.